The van der Waals surface area contributed by atoms with E-state index in [2.05, 4.69) is 37.7 Å². The molecule has 0 radical (unpaired) electrons. The third kappa shape index (κ3) is 7.57. The van der Waals surface area contributed by atoms with Crippen LogP contribution < -0.4 is 20.9 Å². The Morgan fingerprint density at radius 1 is 1.27 bits per heavy atom. The summed E-state index contributed by atoms with van der Waals surface area (Å²) < 4.78 is 13.9. The molecule has 0 aromatic heterocycles. The van der Waals surface area contributed by atoms with E-state index in [1.165, 1.54) is 6.07 Å². The average Bonchev–Trinajstić information content (AvgIpc) is 2.74. The lowest BCUT2D eigenvalue weighted by molar-refractivity contribution is -0.122. The molecule has 3 N–H and O–H groups in total. The number of piperidine rings is 1. The lowest BCUT2D eigenvalue weighted by Gasteiger charge is -2.36. The van der Waals surface area contributed by atoms with E-state index in [0.717, 1.165) is 64.6 Å². The maximum Gasteiger partial charge on any atom is 0.220 e. The summed E-state index contributed by atoms with van der Waals surface area (Å²) in [7, 11) is 0. The van der Waals surface area contributed by atoms with Crippen LogP contribution in [0.4, 0.5) is 10.1 Å². The first-order valence-electron chi connectivity index (χ1n) is 10.7. The molecule has 1 aromatic rings. The van der Waals surface area contributed by atoms with Crippen LogP contribution in [0.15, 0.2) is 29.3 Å². The highest BCUT2D eigenvalue weighted by Crippen LogP contribution is 2.20. The molecule has 2 fully saturated rings. The summed E-state index contributed by atoms with van der Waals surface area (Å²) in [6.07, 6.45) is 2.39. The van der Waals surface area contributed by atoms with Gasteiger partial charge in [0.05, 0.1) is 5.69 Å². The number of halogens is 2. The number of benzene rings is 1. The summed E-state index contributed by atoms with van der Waals surface area (Å²) in [5.41, 5.74) is 0.706. The largest absolute Gasteiger partial charge is 0.367 e. The molecule has 7 nitrogen and oxygen atoms in total. The van der Waals surface area contributed by atoms with Gasteiger partial charge in [-0.15, -0.1) is 24.0 Å². The molecule has 1 aromatic carbocycles. The van der Waals surface area contributed by atoms with Gasteiger partial charge in [-0.3, -0.25) is 14.7 Å². The normalized spacial score (nSPS) is 20.3. The third-order valence-electron chi connectivity index (χ3n) is 5.42. The van der Waals surface area contributed by atoms with Gasteiger partial charge in [0, 0.05) is 64.8 Å². The summed E-state index contributed by atoms with van der Waals surface area (Å²) in [4.78, 5) is 20.5. The van der Waals surface area contributed by atoms with Gasteiger partial charge in [0.2, 0.25) is 5.91 Å². The highest BCUT2D eigenvalue weighted by atomic mass is 127. The summed E-state index contributed by atoms with van der Waals surface area (Å²) in [5, 5.41) is 9.58. The number of carbonyl (C=O) groups excluding carboxylic acids is 1. The monoisotopic (exact) mass is 532 g/mol. The Kier molecular flexibility index (Phi) is 10.6. The second kappa shape index (κ2) is 12.9. The van der Waals surface area contributed by atoms with Gasteiger partial charge in [-0.2, -0.15) is 0 Å². The molecule has 3 rings (SSSR count). The number of nitrogens with one attached hydrogen (secondary N) is 3. The molecule has 0 aliphatic carbocycles. The zero-order chi connectivity index (χ0) is 20.5. The van der Waals surface area contributed by atoms with Crippen molar-refractivity contribution in [2.75, 3.05) is 57.3 Å². The number of para-hydroxylation sites is 1. The molecule has 2 aliphatic heterocycles. The van der Waals surface area contributed by atoms with Gasteiger partial charge >= 0.3 is 0 Å². The number of nitrogens with zero attached hydrogens (tertiary/aromatic N) is 3. The number of hydrogen-bond acceptors (Lipinski definition) is 4. The zero-order valence-corrected chi connectivity index (χ0v) is 20.0. The molecular weight excluding hydrogens is 498 g/mol. The first kappa shape index (κ1) is 24.6. The zero-order valence-electron chi connectivity index (χ0n) is 17.7. The first-order valence-corrected chi connectivity index (χ1v) is 10.7. The summed E-state index contributed by atoms with van der Waals surface area (Å²) >= 11 is 0. The van der Waals surface area contributed by atoms with E-state index >= 15 is 0 Å². The number of aliphatic imine (C=N–C) groups is 1. The molecule has 9 heteroatoms. The fourth-order valence-electron chi connectivity index (χ4n) is 3.78. The number of guanidine groups is 1. The first-order chi connectivity index (χ1) is 14.2. The minimum absolute atomic E-state index is 0. The van der Waals surface area contributed by atoms with Crippen LogP contribution in [0.1, 0.15) is 26.2 Å². The fourth-order valence-corrected chi connectivity index (χ4v) is 3.78. The van der Waals surface area contributed by atoms with E-state index < -0.39 is 0 Å². The SMILES string of the molecule is CCNC(=NCCCN1CCN(c2ccccc2F)CC1)NC1CCC(=O)NC1.I. The Bertz CT molecular complexity index is 686. The average molecular weight is 532 g/mol. The van der Waals surface area contributed by atoms with Crippen molar-refractivity contribution in [1.82, 2.24) is 20.9 Å². The van der Waals surface area contributed by atoms with Crippen LogP contribution in [-0.2, 0) is 4.79 Å². The van der Waals surface area contributed by atoms with Crippen molar-refractivity contribution in [3.63, 3.8) is 0 Å². The van der Waals surface area contributed by atoms with E-state index in [0.29, 0.717) is 18.7 Å². The Labute approximate surface area is 195 Å². The molecule has 2 heterocycles. The molecular formula is C21H34FIN6O. The van der Waals surface area contributed by atoms with E-state index in [4.69, 9.17) is 0 Å². The molecule has 30 heavy (non-hydrogen) atoms. The number of hydrogen-bond donors (Lipinski definition) is 3. The maximum atomic E-state index is 13.9. The van der Waals surface area contributed by atoms with E-state index in [1.54, 1.807) is 6.07 Å². The number of rotatable bonds is 7. The molecule has 0 bridgehead atoms. The van der Waals surface area contributed by atoms with Crippen molar-refractivity contribution in [3.05, 3.63) is 30.1 Å². The van der Waals surface area contributed by atoms with Crippen molar-refractivity contribution in [2.45, 2.75) is 32.2 Å². The van der Waals surface area contributed by atoms with Crippen LogP contribution in [0.25, 0.3) is 0 Å². The fraction of sp³-hybridized carbons (Fsp3) is 0.619. The van der Waals surface area contributed by atoms with E-state index in [1.807, 2.05) is 12.1 Å². The Hall–Kier alpha value is -1.62. The minimum atomic E-state index is -0.142. The number of carbonyl (C=O) groups is 1. The second-order valence-electron chi connectivity index (χ2n) is 7.58. The molecule has 1 unspecified atom stereocenters. The predicted octanol–water partition coefficient (Wildman–Crippen LogP) is 1.79. The van der Waals surface area contributed by atoms with Crippen LogP contribution in [0.3, 0.4) is 0 Å². The maximum absolute atomic E-state index is 13.9. The van der Waals surface area contributed by atoms with Crippen LogP contribution >= 0.6 is 24.0 Å². The molecule has 0 spiro atoms. The van der Waals surface area contributed by atoms with Gasteiger partial charge in [-0.25, -0.2) is 4.39 Å². The minimum Gasteiger partial charge on any atom is -0.367 e. The summed E-state index contributed by atoms with van der Waals surface area (Å²) in [5.74, 6) is 0.800. The molecule has 1 atom stereocenters. The van der Waals surface area contributed by atoms with Gasteiger partial charge in [0.15, 0.2) is 5.96 Å². The van der Waals surface area contributed by atoms with Crippen LogP contribution in [-0.4, -0.2) is 75.2 Å². The second-order valence-corrected chi connectivity index (χ2v) is 7.58. The van der Waals surface area contributed by atoms with Crippen LogP contribution in [0.5, 0.6) is 0 Å². The van der Waals surface area contributed by atoms with Gasteiger partial charge in [0.25, 0.3) is 0 Å². The summed E-state index contributed by atoms with van der Waals surface area (Å²) in [6.45, 7) is 8.84. The van der Waals surface area contributed by atoms with Crippen LogP contribution in [0.2, 0.25) is 0 Å². The van der Waals surface area contributed by atoms with Crippen molar-refractivity contribution in [1.29, 1.82) is 0 Å². The molecule has 2 saturated heterocycles. The molecule has 2 aliphatic rings. The van der Waals surface area contributed by atoms with Gasteiger partial charge in [-0.05, 0) is 31.9 Å². The number of amides is 1. The lowest BCUT2D eigenvalue weighted by atomic mass is 10.1. The Balaban J connectivity index is 0.00000320. The Morgan fingerprint density at radius 2 is 2.03 bits per heavy atom. The quantitative estimate of drug-likeness (QED) is 0.216. The number of piperazine rings is 1. The van der Waals surface area contributed by atoms with Gasteiger partial charge in [-0.1, -0.05) is 12.1 Å². The smallest absolute Gasteiger partial charge is 0.220 e. The standard InChI is InChI=1S/C21H33FN6O.HI/c1-2-23-21(26-17-8-9-20(29)25-16-17)24-10-5-11-27-12-14-28(15-13-27)19-7-4-3-6-18(19)22;/h3-4,6-7,17H,2,5,8-16H2,1H3,(H,25,29)(H2,23,24,26);1H. The third-order valence-corrected chi connectivity index (χ3v) is 5.42. The number of anilines is 1. The van der Waals surface area contributed by atoms with Crippen molar-refractivity contribution in [3.8, 4) is 0 Å². The van der Waals surface area contributed by atoms with Gasteiger partial charge < -0.3 is 20.9 Å². The molecule has 0 saturated carbocycles. The molecule has 1 amide bonds. The predicted molar refractivity (Wildman–Crippen MR) is 130 cm³/mol. The van der Waals surface area contributed by atoms with E-state index in [9.17, 15) is 9.18 Å². The topological polar surface area (TPSA) is 72.0 Å². The van der Waals surface area contributed by atoms with Gasteiger partial charge in [0.1, 0.15) is 5.82 Å². The molecule has 168 valence electrons. The van der Waals surface area contributed by atoms with Crippen molar-refractivity contribution < 1.29 is 9.18 Å². The highest BCUT2D eigenvalue weighted by Gasteiger charge is 2.20. The Morgan fingerprint density at radius 3 is 2.70 bits per heavy atom. The van der Waals surface area contributed by atoms with Crippen molar-refractivity contribution in [2.24, 2.45) is 4.99 Å². The highest BCUT2D eigenvalue weighted by molar-refractivity contribution is 14.0. The van der Waals surface area contributed by atoms with Crippen LogP contribution in [0, 0.1) is 5.82 Å². The van der Waals surface area contributed by atoms with E-state index in [-0.39, 0.29) is 41.7 Å². The lowest BCUT2D eigenvalue weighted by Crippen LogP contribution is -2.51. The van der Waals surface area contributed by atoms with Crippen molar-refractivity contribution >= 4 is 41.5 Å². The summed E-state index contributed by atoms with van der Waals surface area (Å²) in [6, 6.07) is 7.23.